The Hall–Kier alpha value is -8.25. The molecule has 18 heteroatoms. The van der Waals surface area contributed by atoms with E-state index in [1.54, 1.807) is 0 Å². The van der Waals surface area contributed by atoms with Crippen molar-refractivity contribution in [3.63, 3.8) is 0 Å². The number of nitriles is 6. The molecule has 0 aromatic heterocycles. The molecule has 0 bridgehead atoms. The van der Waals surface area contributed by atoms with Crippen molar-refractivity contribution < 1.29 is 27.1 Å². The van der Waals surface area contributed by atoms with E-state index in [1.807, 2.05) is 0 Å². The van der Waals surface area contributed by atoms with Crippen LogP contribution >= 0.6 is 23.0 Å². The molecule has 60 heavy (non-hydrogen) atoms. The summed E-state index contributed by atoms with van der Waals surface area (Å²) in [5.74, 6) is 0.889. The third-order valence-corrected chi connectivity index (χ3v) is 16.0. The Balaban J connectivity index is 1.58. The quantitative estimate of drug-likeness (QED) is 0.105. The molecule has 6 aromatic carbocycles. The van der Waals surface area contributed by atoms with Crippen LogP contribution in [0.2, 0.25) is 0 Å². The fourth-order valence-electron chi connectivity index (χ4n) is 5.12. The molecule has 15 nitrogen and oxygen atoms in total. The molecule has 0 N–H and O–H groups in total. The number of hydrogen-bond donors (Lipinski definition) is 0. The van der Waals surface area contributed by atoms with E-state index in [-0.39, 0.29) is 34.5 Å². The van der Waals surface area contributed by atoms with Crippen LogP contribution < -0.4 is 27.1 Å². The predicted molar refractivity (Wildman–Crippen MR) is 219 cm³/mol. The summed E-state index contributed by atoms with van der Waals surface area (Å²) in [6.07, 6.45) is 0. The second-order valence-electron chi connectivity index (χ2n) is 12.1. The minimum atomic E-state index is -4.35. The van der Waals surface area contributed by atoms with Crippen LogP contribution in [0.3, 0.4) is 0 Å². The molecule has 288 valence electrons. The lowest BCUT2D eigenvalue weighted by Gasteiger charge is -2.33. The number of hydrogen-bond acceptors (Lipinski definition) is 15. The fraction of sp³-hybridized carbons (Fsp3) is 0. The number of benzene rings is 6. The molecule has 0 radical (unpaired) electrons. The van der Waals surface area contributed by atoms with Gasteiger partial charge in [0.05, 0.1) is 69.8 Å². The van der Waals surface area contributed by atoms with Gasteiger partial charge in [0.15, 0.2) is 0 Å². The van der Waals surface area contributed by atoms with Gasteiger partial charge >= 0.3 is 23.0 Å². The molecule has 1 aliphatic rings. The summed E-state index contributed by atoms with van der Waals surface area (Å²) < 4.78 is 55.3. The zero-order valence-electron chi connectivity index (χ0n) is 30.7. The standard InChI is InChI=1S/C42H24N9O6P3/c43-25-31-1-13-37(14-2-31)52-58(53-38-15-3-32(26-44)4-16-38)49-59(54-39-17-5-33(27-45)6-18-39,55-40-19-7-34(28-46)8-20-40)51-60(50-58,56-41-21-9-35(29-47)10-22-41)57-42-23-11-36(30-48)12-24-42/h1-24H. The fourth-order valence-corrected chi connectivity index (χ4v) is 14.2. The van der Waals surface area contributed by atoms with Crippen LogP contribution in [0.5, 0.6) is 34.5 Å². The van der Waals surface area contributed by atoms with Crippen molar-refractivity contribution in [2.45, 2.75) is 0 Å². The Morgan fingerprint density at radius 1 is 0.250 bits per heavy atom. The zero-order chi connectivity index (χ0) is 42.0. The van der Waals surface area contributed by atoms with Crippen LogP contribution in [0, 0.1) is 68.0 Å². The summed E-state index contributed by atoms with van der Waals surface area (Å²) >= 11 is 0. The predicted octanol–water partition coefficient (Wildman–Crippen LogP) is 11.5. The second kappa shape index (κ2) is 17.5. The van der Waals surface area contributed by atoms with Crippen LogP contribution in [0.4, 0.5) is 0 Å². The topological polar surface area (TPSA) is 235 Å². The summed E-state index contributed by atoms with van der Waals surface area (Å²) in [5.41, 5.74) is 2.00. The van der Waals surface area contributed by atoms with Gasteiger partial charge < -0.3 is 27.1 Å². The highest BCUT2D eigenvalue weighted by molar-refractivity contribution is 7.79. The van der Waals surface area contributed by atoms with Gasteiger partial charge in [0, 0.05) is 0 Å². The Kier molecular flexibility index (Phi) is 11.6. The summed E-state index contributed by atoms with van der Waals surface area (Å²) in [4.78, 5) is 0. The summed E-state index contributed by atoms with van der Waals surface area (Å²) in [7, 11) is -13.1. The van der Waals surface area contributed by atoms with E-state index < -0.39 is 23.0 Å². The van der Waals surface area contributed by atoms with E-state index in [0.29, 0.717) is 33.4 Å². The van der Waals surface area contributed by atoms with Gasteiger partial charge in [-0.25, -0.2) is 0 Å². The van der Waals surface area contributed by atoms with E-state index in [2.05, 4.69) is 36.4 Å². The Morgan fingerprint density at radius 3 is 0.500 bits per heavy atom. The minimum Gasteiger partial charge on any atom is -0.413 e. The van der Waals surface area contributed by atoms with Crippen molar-refractivity contribution >= 4 is 23.0 Å². The molecule has 0 unspecified atom stereocenters. The van der Waals surface area contributed by atoms with Gasteiger partial charge in [0.25, 0.3) is 0 Å². The van der Waals surface area contributed by atoms with Gasteiger partial charge in [-0.15, -0.1) is 0 Å². The monoisotopic (exact) mass is 843 g/mol. The average Bonchev–Trinajstić information content (AvgIpc) is 3.27. The molecular formula is C42H24N9O6P3. The maximum absolute atomic E-state index is 9.56. The van der Waals surface area contributed by atoms with Crippen LogP contribution in [0.1, 0.15) is 33.4 Å². The van der Waals surface area contributed by atoms with Gasteiger partial charge in [-0.3, -0.25) is 0 Å². The van der Waals surface area contributed by atoms with E-state index in [0.717, 1.165) is 0 Å². The maximum Gasteiger partial charge on any atom is 0.460 e. The molecule has 0 saturated carbocycles. The van der Waals surface area contributed by atoms with Crippen LogP contribution in [0.25, 0.3) is 0 Å². The molecule has 7 rings (SSSR count). The molecule has 0 saturated heterocycles. The summed E-state index contributed by atoms with van der Waals surface area (Å²) in [6.45, 7) is 0. The highest BCUT2D eigenvalue weighted by atomic mass is 31.3. The zero-order valence-corrected chi connectivity index (χ0v) is 33.4. The van der Waals surface area contributed by atoms with Crippen molar-refractivity contribution in [2.75, 3.05) is 0 Å². The average molecular weight is 844 g/mol. The van der Waals surface area contributed by atoms with E-state index in [4.69, 9.17) is 40.7 Å². The van der Waals surface area contributed by atoms with Gasteiger partial charge in [-0.2, -0.15) is 31.6 Å². The van der Waals surface area contributed by atoms with Crippen molar-refractivity contribution in [1.29, 1.82) is 31.6 Å². The van der Waals surface area contributed by atoms with E-state index >= 15 is 0 Å². The Bertz CT molecular complexity index is 2470. The van der Waals surface area contributed by atoms with Crippen molar-refractivity contribution in [1.82, 2.24) is 0 Å². The van der Waals surface area contributed by atoms with Crippen molar-refractivity contribution in [3.8, 4) is 70.9 Å². The normalized spacial score (nSPS) is 13.7. The van der Waals surface area contributed by atoms with Crippen LogP contribution in [0.15, 0.2) is 159 Å². The molecule has 1 aliphatic heterocycles. The molecule has 0 atom stereocenters. The van der Waals surface area contributed by atoms with Gasteiger partial charge in [0.2, 0.25) is 0 Å². The van der Waals surface area contributed by atoms with E-state index in [1.165, 1.54) is 146 Å². The molecule has 0 fully saturated rings. The Morgan fingerprint density at radius 2 is 0.383 bits per heavy atom. The largest absolute Gasteiger partial charge is 0.460 e. The van der Waals surface area contributed by atoms with Crippen molar-refractivity contribution in [2.24, 2.45) is 13.5 Å². The molecule has 1 heterocycles. The highest BCUT2D eigenvalue weighted by Gasteiger charge is 2.49. The first kappa shape index (κ1) is 40.0. The van der Waals surface area contributed by atoms with Gasteiger partial charge in [-0.05, 0) is 146 Å². The minimum absolute atomic E-state index is 0.148. The van der Waals surface area contributed by atoms with Gasteiger partial charge in [-0.1, -0.05) is 13.5 Å². The summed E-state index contributed by atoms with van der Waals surface area (Å²) in [5, 5.41) is 57.4. The first-order chi connectivity index (χ1) is 29.2. The summed E-state index contributed by atoms with van der Waals surface area (Å²) in [6, 6.07) is 48.9. The van der Waals surface area contributed by atoms with Crippen LogP contribution in [-0.4, -0.2) is 0 Å². The van der Waals surface area contributed by atoms with Gasteiger partial charge in [0.1, 0.15) is 34.5 Å². The Labute approximate surface area is 344 Å². The maximum atomic E-state index is 9.56. The highest BCUT2D eigenvalue weighted by Crippen LogP contribution is 2.78. The van der Waals surface area contributed by atoms with Crippen LogP contribution in [-0.2, 0) is 0 Å². The van der Waals surface area contributed by atoms with Crippen molar-refractivity contribution in [3.05, 3.63) is 179 Å². The lowest BCUT2D eigenvalue weighted by atomic mass is 10.2. The lowest BCUT2D eigenvalue weighted by molar-refractivity contribution is 0.443. The number of nitrogens with zero attached hydrogens (tertiary/aromatic N) is 9. The second-order valence-corrected chi connectivity index (χ2v) is 18.3. The third-order valence-electron chi connectivity index (χ3n) is 7.92. The number of rotatable bonds is 12. The molecule has 0 amide bonds. The molecule has 0 aliphatic carbocycles. The molecular weight excluding hydrogens is 819 g/mol. The van der Waals surface area contributed by atoms with E-state index in [9.17, 15) is 31.6 Å². The lowest BCUT2D eigenvalue weighted by Crippen LogP contribution is -2.11. The molecule has 0 spiro atoms. The molecule has 6 aromatic rings. The first-order valence-electron chi connectivity index (χ1n) is 17.3. The first-order valence-corrected chi connectivity index (χ1v) is 21.9. The SMILES string of the molecule is N#Cc1ccc(OP2(Oc3ccc(C#N)cc3)=NP(Oc3ccc(C#N)cc3)(Oc3ccc(C#N)cc3)=NP(Oc3ccc(C#N)cc3)(Oc3ccc(C#N)cc3)=N2)cc1. The third kappa shape index (κ3) is 9.47. The smallest absolute Gasteiger partial charge is 0.413 e.